The van der Waals surface area contributed by atoms with Gasteiger partial charge in [-0.1, -0.05) is 23.7 Å². The number of nitrogens with zero attached hydrogens (tertiary/aromatic N) is 3. The van der Waals surface area contributed by atoms with Crippen molar-refractivity contribution in [2.24, 2.45) is 0 Å². The minimum absolute atomic E-state index is 0.0253. The monoisotopic (exact) mass is 367 g/mol. The number of H-pyrrole nitrogens is 1. The third kappa shape index (κ3) is 3.34. The third-order valence-electron chi connectivity index (χ3n) is 4.31. The maximum absolute atomic E-state index is 12.6. The molecule has 1 atom stereocenters. The van der Waals surface area contributed by atoms with Gasteiger partial charge in [0.1, 0.15) is 5.82 Å². The molecule has 2 aromatic heterocycles. The number of fused-ring (bicyclic) bond motifs is 2. The van der Waals surface area contributed by atoms with Crippen molar-refractivity contribution in [2.45, 2.75) is 26.1 Å². The van der Waals surface area contributed by atoms with Gasteiger partial charge in [0.05, 0.1) is 34.8 Å². The Labute approximate surface area is 154 Å². The van der Waals surface area contributed by atoms with Gasteiger partial charge in [0.25, 0.3) is 5.56 Å². The molecule has 0 aliphatic heterocycles. The molecule has 0 aliphatic carbocycles. The highest BCUT2D eigenvalue weighted by Crippen LogP contribution is 2.17. The van der Waals surface area contributed by atoms with E-state index in [0.717, 1.165) is 22.4 Å². The van der Waals surface area contributed by atoms with Gasteiger partial charge >= 0.3 is 0 Å². The molecule has 0 saturated carbocycles. The fraction of sp³-hybridized carbons (Fsp3) is 0.211. The Balaban J connectivity index is 1.46. The predicted molar refractivity (Wildman–Crippen MR) is 103 cm³/mol. The maximum Gasteiger partial charge on any atom is 0.261 e. The molecule has 0 fully saturated rings. The van der Waals surface area contributed by atoms with Gasteiger partial charge in [-0.3, -0.25) is 9.36 Å². The van der Waals surface area contributed by atoms with Crippen molar-refractivity contribution in [3.8, 4) is 0 Å². The van der Waals surface area contributed by atoms with E-state index < -0.39 is 0 Å². The molecule has 0 bridgehead atoms. The quantitative estimate of drug-likeness (QED) is 0.568. The molecule has 0 spiro atoms. The van der Waals surface area contributed by atoms with E-state index in [9.17, 15) is 4.79 Å². The lowest BCUT2D eigenvalue weighted by Crippen LogP contribution is -2.34. The largest absolute Gasteiger partial charge is 0.341 e. The summed E-state index contributed by atoms with van der Waals surface area (Å²) in [7, 11) is 0. The molecule has 0 amide bonds. The number of aromatic amines is 1. The van der Waals surface area contributed by atoms with Gasteiger partial charge in [0.2, 0.25) is 0 Å². The molecule has 0 aliphatic rings. The van der Waals surface area contributed by atoms with Crippen LogP contribution in [0, 0.1) is 0 Å². The van der Waals surface area contributed by atoms with Crippen LogP contribution in [0.15, 0.2) is 53.6 Å². The molecular weight excluding hydrogens is 350 g/mol. The van der Waals surface area contributed by atoms with Crippen LogP contribution in [0.5, 0.6) is 0 Å². The third-order valence-corrected chi connectivity index (χ3v) is 4.55. The van der Waals surface area contributed by atoms with Crippen LogP contribution in [0.25, 0.3) is 21.9 Å². The molecule has 26 heavy (non-hydrogen) atoms. The summed E-state index contributed by atoms with van der Waals surface area (Å²) in [6, 6.07) is 13.0. The average Bonchev–Trinajstić information content (AvgIpc) is 3.04. The number of aromatic nitrogens is 4. The number of rotatable bonds is 5. The highest BCUT2D eigenvalue weighted by molar-refractivity contribution is 6.31. The van der Waals surface area contributed by atoms with Crippen molar-refractivity contribution >= 4 is 33.5 Å². The molecule has 0 unspecified atom stereocenters. The normalized spacial score (nSPS) is 12.7. The fourth-order valence-electron chi connectivity index (χ4n) is 2.99. The second kappa shape index (κ2) is 6.90. The second-order valence-electron chi connectivity index (χ2n) is 6.35. The fourth-order valence-corrected chi connectivity index (χ4v) is 3.16. The Morgan fingerprint density at radius 1 is 1.23 bits per heavy atom. The van der Waals surface area contributed by atoms with E-state index in [0.29, 0.717) is 23.5 Å². The van der Waals surface area contributed by atoms with Crippen molar-refractivity contribution in [1.82, 2.24) is 24.8 Å². The minimum Gasteiger partial charge on any atom is -0.341 e. The van der Waals surface area contributed by atoms with Crippen LogP contribution >= 0.6 is 11.6 Å². The van der Waals surface area contributed by atoms with Crippen LogP contribution in [-0.4, -0.2) is 25.6 Å². The van der Waals surface area contributed by atoms with Crippen molar-refractivity contribution in [2.75, 3.05) is 0 Å². The molecule has 0 radical (unpaired) electrons. The second-order valence-corrected chi connectivity index (χ2v) is 6.78. The lowest BCUT2D eigenvalue weighted by molar-refractivity contribution is 0.462. The standard InChI is InChI=1S/C19H18ClN5O/c1-12(10-25-11-22-15-5-3-2-4-14(15)19(25)26)21-9-18-23-16-7-6-13(20)8-17(16)24-18/h2-8,11-12,21H,9-10H2,1H3,(H,23,24)/t12-/m0/s1. The van der Waals surface area contributed by atoms with Gasteiger partial charge < -0.3 is 10.3 Å². The smallest absolute Gasteiger partial charge is 0.261 e. The topological polar surface area (TPSA) is 75.6 Å². The van der Waals surface area contributed by atoms with Gasteiger partial charge in [-0.2, -0.15) is 0 Å². The predicted octanol–water partition coefficient (Wildman–Crippen LogP) is 3.10. The van der Waals surface area contributed by atoms with Crippen LogP contribution in [0.4, 0.5) is 0 Å². The van der Waals surface area contributed by atoms with Crippen molar-refractivity contribution in [3.63, 3.8) is 0 Å². The van der Waals surface area contributed by atoms with Crippen molar-refractivity contribution in [3.05, 3.63) is 70.0 Å². The van der Waals surface area contributed by atoms with E-state index in [1.165, 1.54) is 0 Å². The number of nitrogens with one attached hydrogen (secondary N) is 2. The summed E-state index contributed by atoms with van der Waals surface area (Å²) in [5, 5.41) is 4.70. The van der Waals surface area contributed by atoms with E-state index in [4.69, 9.17) is 11.6 Å². The number of imidazole rings is 1. The zero-order chi connectivity index (χ0) is 18.1. The Bertz CT molecular complexity index is 1130. The summed E-state index contributed by atoms with van der Waals surface area (Å²) in [6.45, 7) is 3.13. The molecule has 2 N–H and O–H groups in total. The lowest BCUT2D eigenvalue weighted by atomic mass is 10.2. The first-order valence-corrected chi connectivity index (χ1v) is 8.79. The highest BCUT2D eigenvalue weighted by Gasteiger charge is 2.09. The number of benzene rings is 2. The van der Waals surface area contributed by atoms with Crippen molar-refractivity contribution < 1.29 is 0 Å². The SMILES string of the molecule is C[C@@H](Cn1cnc2ccccc2c1=O)NCc1nc2ccc(Cl)cc2[nH]1. The number of hydrogen-bond acceptors (Lipinski definition) is 4. The summed E-state index contributed by atoms with van der Waals surface area (Å²) >= 11 is 6.00. The molecule has 0 saturated heterocycles. The van der Waals surface area contributed by atoms with Gasteiger partial charge in [0, 0.05) is 17.6 Å². The van der Waals surface area contributed by atoms with E-state index in [1.807, 2.05) is 43.3 Å². The summed E-state index contributed by atoms with van der Waals surface area (Å²) in [4.78, 5) is 24.7. The molecule has 7 heteroatoms. The van der Waals surface area contributed by atoms with E-state index in [-0.39, 0.29) is 11.6 Å². The van der Waals surface area contributed by atoms with E-state index in [2.05, 4.69) is 20.3 Å². The number of halogens is 1. The first-order valence-electron chi connectivity index (χ1n) is 8.42. The highest BCUT2D eigenvalue weighted by atomic mass is 35.5. The van der Waals surface area contributed by atoms with Gasteiger partial charge in [-0.25, -0.2) is 9.97 Å². The number of hydrogen-bond donors (Lipinski definition) is 2. The van der Waals surface area contributed by atoms with Crippen LogP contribution in [0.3, 0.4) is 0 Å². The zero-order valence-electron chi connectivity index (χ0n) is 14.2. The Kier molecular flexibility index (Phi) is 4.44. The molecule has 4 rings (SSSR count). The molecular formula is C19H18ClN5O. The molecule has 6 nitrogen and oxygen atoms in total. The number of para-hydroxylation sites is 1. The van der Waals surface area contributed by atoms with Crippen molar-refractivity contribution in [1.29, 1.82) is 0 Å². The summed E-state index contributed by atoms with van der Waals surface area (Å²) in [6.07, 6.45) is 1.60. The minimum atomic E-state index is -0.0253. The Hall–Kier alpha value is -2.70. The Morgan fingerprint density at radius 3 is 2.96 bits per heavy atom. The maximum atomic E-state index is 12.6. The zero-order valence-corrected chi connectivity index (χ0v) is 15.0. The van der Waals surface area contributed by atoms with Gasteiger partial charge in [0.15, 0.2) is 0 Å². The van der Waals surface area contributed by atoms with Crippen LogP contribution < -0.4 is 10.9 Å². The summed E-state index contributed by atoms with van der Waals surface area (Å²) in [5.74, 6) is 0.832. The van der Waals surface area contributed by atoms with E-state index >= 15 is 0 Å². The average molecular weight is 368 g/mol. The lowest BCUT2D eigenvalue weighted by Gasteiger charge is -2.14. The van der Waals surface area contributed by atoms with Gasteiger partial charge in [-0.15, -0.1) is 0 Å². The Morgan fingerprint density at radius 2 is 2.08 bits per heavy atom. The first-order chi connectivity index (χ1) is 12.6. The first kappa shape index (κ1) is 16.8. The summed E-state index contributed by atoms with van der Waals surface area (Å²) in [5.41, 5.74) is 2.49. The van der Waals surface area contributed by atoms with Crippen LogP contribution in [-0.2, 0) is 13.1 Å². The molecule has 132 valence electrons. The molecule has 2 heterocycles. The van der Waals surface area contributed by atoms with E-state index in [1.54, 1.807) is 17.0 Å². The summed E-state index contributed by atoms with van der Waals surface area (Å²) < 4.78 is 1.64. The molecule has 4 aromatic rings. The molecule has 2 aromatic carbocycles. The van der Waals surface area contributed by atoms with Crippen LogP contribution in [0.1, 0.15) is 12.7 Å². The van der Waals surface area contributed by atoms with Crippen LogP contribution in [0.2, 0.25) is 5.02 Å². The van der Waals surface area contributed by atoms with Gasteiger partial charge in [-0.05, 0) is 37.3 Å².